The normalized spacial score (nSPS) is 10.5. The highest BCUT2D eigenvalue weighted by Crippen LogP contribution is 2.02. The van der Waals surface area contributed by atoms with Crippen molar-refractivity contribution in [1.82, 2.24) is 5.48 Å². The molecule has 0 unspecified atom stereocenters. The molecular weight excluding hydrogens is 229 g/mol. The Kier molecular flexibility index (Phi) is 4.79. The molecule has 0 spiro atoms. The van der Waals surface area contributed by atoms with Crippen LogP contribution in [0, 0.1) is 0 Å². The number of halogens is 2. The van der Waals surface area contributed by atoms with Crippen LogP contribution in [0.3, 0.4) is 0 Å². The molecule has 1 amide bonds. The summed E-state index contributed by atoms with van der Waals surface area (Å²) < 4.78 is 5.04. The second-order valence-electron chi connectivity index (χ2n) is 2.44. The van der Waals surface area contributed by atoms with Gasteiger partial charge in [0.1, 0.15) is 5.76 Å². The molecule has 1 aromatic rings. The minimum Gasteiger partial charge on any atom is -0.469 e. The molecule has 0 saturated heterocycles. The van der Waals surface area contributed by atoms with E-state index in [1.54, 1.807) is 12.3 Å². The fourth-order valence-electron chi connectivity index (χ4n) is 0.773. The van der Waals surface area contributed by atoms with Crippen molar-refractivity contribution in [3.8, 4) is 0 Å². The molecule has 0 fully saturated rings. The van der Waals surface area contributed by atoms with Gasteiger partial charge in [-0.2, -0.15) is 0 Å². The van der Waals surface area contributed by atoms with Crippen molar-refractivity contribution in [1.29, 1.82) is 0 Å². The topological polar surface area (TPSA) is 51.5 Å². The summed E-state index contributed by atoms with van der Waals surface area (Å²) in [5, 5.41) is 0. The van der Waals surface area contributed by atoms with E-state index < -0.39 is 10.7 Å². The van der Waals surface area contributed by atoms with Gasteiger partial charge in [-0.25, -0.2) is 5.48 Å². The lowest BCUT2D eigenvalue weighted by atomic mass is 10.3. The van der Waals surface area contributed by atoms with Crippen LogP contribution in [-0.4, -0.2) is 17.4 Å². The van der Waals surface area contributed by atoms with Crippen molar-refractivity contribution < 1.29 is 14.0 Å². The summed E-state index contributed by atoms with van der Waals surface area (Å²) in [6.45, 7) is 0.305. The number of carbonyl (C=O) groups is 1. The van der Waals surface area contributed by atoms with Crippen LogP contribution in [0.15, 0.2) is 22.8 Å². The van der Waals surface area contributed by atoms with Crippen molar-refractivity contribution >= 4 is 29.1 Å². The molecule has 0 aliphatic heterocycles. The van der Waals surface area contributed by atoms with Crippen molar-refractivity contribution in [2.24, 2.45) is 0 Å². The van der Waals surface area contributed by atoms with E-state index in [4.69, 9.17) is 32.5 Å². The summed E-state index contributed by atoms with van der Waals surface area (Å²) >= 11 is 10.5. The molecule has 0 saturated carbocycles. The summed E-state index contributed by atoms with van der Waals surface area (Å²) in [5.74, 6) is 0.209. The lowest BCUT2D eigenvalue weighted by Crippen LogP contribution is -2.29. The first-order chi connectivity index (χ1) is 6.70. The molecule has 0 aromatic carbocycles. The fraction of sp³-hybridized carbons (Fsp3) is 0.375. The fourth-order valence-corrected chi connectivity index (χ4v) is 0.862. The Balaban J connectivity index is 2.08. The van der Waals surface area contributed by atoms with Gasteiger partial charge in [-0.15, -0.1) is 0 Å². The molecule has 4 nitrogen and oxygen atoms in total. The monoisotopic (exact) mass is 237 g/mol. The van der Waals surface area contributed by atoms with E-state index in [0.717, 1.165) is 5.76 Å². The maximum absolute atomic E-state index is 10.8. The molecule has 14 heavy (non-hydrogen) atoms. The van der Waals surface area contributed by atoms with Crippen LogP contribution >= 0.6 is 23.2 Å². The van der Waals surface area contributed by atoms with Gasteiger partial charge >= 0.3 is 0 Å². The first-order valence-corrected chi connectivity index (χ1v) is 4.79. The summed E-state index contributed by atoms with van der Waals surface area (Å²) in [5.41, 5.74) is 2.10. The highest BCUT2D eigenvalue weighted by Gasteiger charge is 2.10. The number of hydrogen-bond donors (Lipinski definition) is 1. The van der Waals surface area contributed by atoms with Crippen molar-refractivity contribution in [2.75, 3.05) is 6.61 Å². The maximum atomic E-state index is 10.8. The van der Waals surface area contributed by atoms with E-state index >= 15 is 0 Å². The Bertz CT molecular complexity index is 274. The molecule has 0 aliphatic rings. The van der Waals surface area contributed by atoms with Gasteiger partial charge in [-0.05, 0) is 12.1 Å². The Morgan fingerprint density at radius 3 is 3.00 bits per heavy atom. The van der Waals surface area contributed by atoms with E-state index in [2.05, 4.69) is 5.48 Å². The lowest BCUT2D eigenvalue weighted by molar-refractivity contribution is -0.131. The largest absolute Gasteiger partial charge is 0.469 e. The number of carbonyl (C=O) groups excluding carboxylic acids is 1. The standard InChI is InChI=1S/C8H9Cl2NO3/c9-7(10)8(12)11-14-5-3-6-2-1-4-13-6/h1-2,4,7H,3,5H2,(H,11,12). The van der Waals surface area contributed by atoms with Crippen molar-refractivity contribution in [3.63, 3.8) is 0 Å². The summed E-state index contributed by atoms with van der Waals surface area (Å²) in [6.07, 6.45) is 2.14. The molecule has 1 heterocycles. The Hall–Kier alpha value is -0.710. The van der Waals surface area contributed by atoms with E-state index in [0.29, 0.717) is 13.0 Å². The lowest BCUT2D eigenvalue weighted by Gasteiger charge is -2.04. The minimum atomic E-state index is -1.11. The first kappa shape index (κ1) is 11.4. The zero-order valence-corrected chi connectivity index (χ0v) is 8.72. The second kappa shape index (κ2) is 5.90. The highest BCUT2D eigenvalue weighted by atomic mass is 35.5. The average Bonchev–Trinajstić information content (AvgIpc) is 2.64. The number of hydrogen-bond acceptors (Lipinski definition) is 3. The van der Waals surface area contributed by atoms with Crippen LogP contribution in [0.1, 0.15) is 5.76 Å². The first-order valence-electron chi connectivity index (χ1n) is 3.92. The van der Waals surface area contributed by atoms with Crippen LogP contribution in [-0.2, 0) is 16.1 Å². The SMILES string of the molecule is O=C(NOCCc1ccco1)C(Cl)Cl. The number of rotatable bonds is 5. The van der Waals surface area contributed by atoms with Crippen molar-refractivity contribution in [3.05, 3.63) is 24.2 Å². The molecule has 0 radical (unpaired) electrons. The van der Waals surface area contributed by atoms with Gasteiger partial charge in [-0.3, -0.25) is 9.63 Å². The van der Waals surface area contributed by atoms with E-state index in [1.165, 1.54) is 0 Å². The number of hydroxylamine groups is 1. The third kappa shape index (κ3) is 4.00. The maximum Gasteiger partial charge on any atom is 0.276 e. The van der Waals surface area contributed by atoms with Crippen LogP contribution in [0.25, 0.3) is 0 Å². The Morgan fingerprint density at radius 1 is 1.64 bits per heavy atom. The number of alkyl halides is 2. The summed E-state index contributed by atoms with van der Waals surface area (Å²) in [7, 11) is 0. The average molecular weight is 238 g/mol. The van der Waals surface area contributed by atoms with Gasteiger partial charge in [0.05, 0.1) is 12.9 Å². The molecule has 0 bridgehead atoms. The van der Waals surface area contributed by atoms with Gasteiger partial charge in [0.25, 0.3) is 5.91 Å². The zero-order valence-electron chi connectivity index (χ0n) is 7.20. The van der Waals surface area contributed by atoms with Crippen LogP contribution in [0.2, 0.25) is 0 Å². The predicted molar refractivity (Wildman–Crippen MR) is 52.0 cm³/mol. The second-order valence-corrected chi connectivity index (χ2v) is 3.54. The number of amides is 1. The Morgan fingerprint density at radius 2 is 2.43 bits per heavy atom. The summed E-state index contributed by atoms with van der Waals surface area (Å²) in [4.78, 5) is 14.5. The predicted octanol–water partition coefficient (Wildman–Crippen LogP) is 1.67. The Labute approximate surface area is 91.1 Å². The molecule has 1 N–H and O–H groups in total. The van der Waals surface area contributed by atoms with Crippen molar-refractivity contribution in [2.45, 2.75) is 11.3 Å². The van der Waals surface area contributed by atoms with Crippen LogP contribution in [0.5, 0.6) is 0 Å². The minimum absolute atomic E-state index is 0.305. The molecule has 6 heteroatoms. The van der Waals surface area contributed by atoms with Gasteiger partial charge in [0.15, 0.2) is 4.84 Å². The molecule has 78 valence electrons. The third-order valence-electron chi connectivity index (χ3n) is 1.40. The van der Waals surface area contributed by atoms with Crippen LogP contribution in [0.4, 0.5) is 0 Å². The molecule has 1 aromatic heterocycles. The van der Waals surface area contributed by atoms with Gasteiger partial charge in [0.2, 0.25) is 0 Å². The quantitative estimate of drug-likeness (QED) is 0.482. The van der Waals surface area contributed by atoms with E-state index in [-0.39, 0.29) is 0 Å². The number of furan rings is 1. The molecule has 0 atom stereocenters. The van der Waals surface area contributed by atoms with E-state index in [9.17, 15) is 4.79 Å². The molecular formula is C8H9Cl2NO3. The van der Waals surface area contributed by atoms with E-state index in [1.807, 2.05) is 6.07 Å². The van der Waals surface area contributed by atoms with Gasteiger partial charge < -0.3 is 4.42 Å². The smallest absolute Gasteiger partial charge is 0.276 e. The van der Waals surface area contributed by atoms with Gasteiger partial charge in [-0.1, -0.05) is 23.2 Å². The number of nitrogens with one attached hydrogen (secondary N) is 1. The summed E-state index contributed by atoms with van der Waals surface area (Å²) in [6, 6.07) is 3.60. The highest BCUT2D eigenvalue weighted by molar-refractivity contribution is 6.53. The third-order valence-corrected chi connectivity index (χ3v) is 1.80. The molecule has 1 rings (SSSR count). The van der Waals surface area contributed by atoms with Crippen LogP contribution < -0.4 is 5.48 Å². The van der Waals surface area contributed by atoms with Gasteiger partial charge in [0, 0.05) is 6.42 Å². The zero-order chi connectivity index (χ0) is 10.4. The molecule has 0 aliphatic carbocycles.